The molecule has 0 radical (unpaired) electrons. The van der Waals surface area contributed by atoms with Gasteiger partial charge in [-0.25, -0.2) is 4.99 Å². The Morgan fingerprint density at radius 2 is 0.870 bits per heavy atom. The van der Waals surface area contributed by atoms with Crippen LogP contribution in [0.4, 0.5) is 0 Å². The van der Waals surface area contributed by atoms with Crippen LogP contribution in [0.3, 0.4) is 0 Å². The van der Waals surface area contributed by atoms with Crippen LogP contribution in [0.15, 0.2) is 276 Å². The van der Waals surface area contributed by atoms with Crippen LogP contribution >= 0.6 is 0 Å². The van der Waals surface area contributed by atoms with Crippen LogP contribution in [0.2, 0.25) is 0 Å². The Bertz CT molecular complexity index is 3480. The summed E-state index contributed by atoms with van der Waals surface area (Å²) >= 11 is 0. The summed E-state index contributed by atoms with van der Waals surface area (Å²) in [4.78, 5) is 67.5. The summed E-state index contributed by atoms with van der Waals surface area (Å²) in [5, 5.41) is 3.51. The topological polar surface area (TPSA) is 111 Å². The third kappa shape index (κ3) is 13.6. The molecule has 2 unspecified atom stereocenters. The molecule has 0 spiro atoms. The van der Waals surface area contributed by atoms with Gasteiger partial charge >= 0.3 is 0 Å². The molecule has 0 aromatic heterocycles. The molecule has 9 rings (SSSR count). The fourth-order valence-corrected chi connectivity index (χ4v) is 8.78. The molecule has 1 N–H and O–H groups in total. The third-order valence-corrected chi connectivity index (χ3v) is 12.6. The van der Waals surface area contributed by atoms with Crippen LogP contribution in [0.1, 0.15) is 38.9 Å². The second-order valence-corrected chi connectivity index (χ2v) is 17.6. The van der Waals surface area contributed by atoms with Gasteiger partial charge in [0.15, 0.2) is 23.1 Å². The molecule has 2 aliphatic rings. The molecule has 7 aromatic rings. The van der Waals surface area contributed by atoms with Crippen molar-refractivity contribution in [2.75, 3.05) is 7.11 Å². The summed E-state index contributed by atoms with van der Waals surface area (Å²) in [6.45, 7) is -0.200. The van der Waals surface area contributed by atoms with Gasteiger partial charge in [0.05, 0.1) is 29.1 Å². The number of carbonyl (C=O) groups excluding carboxylic acids is 4. The van der Waals surface area contributed by atoms with Crippen LogP contribution < -0.4 is 5.32 Å². The monoisotopic (exact) mass is 1190 g/mol. The van der Waals surface area contributed by atoms with Gasteiger partial charge < -0.3 is 14.8 Å². The van der Waals surface area contributed by atoms with E-state index in [2.05, 4.69) is 5.32 Å². The van der Waals surface area contributed by atoms with Crippen molar-refractivity contribution in [3.8, 4) is 0 Å². The molecule has 0 aliphatic carbocycles. The number of rotatable bonds is 19. The van der Waals surface area contributed by atoms with E-state index in [1.165, 1.54) is 25.3 Å². The van der Waals surface area contributed by atoms with Crippen LogP contribution in [0.25, 0.3) is 36.5 Å². The van der Waals surface area contributed by atoms with Gasteiger partial charge in [-0.2, -0.15) is 0 Å². The molecular weight excluding hydrogens is 1140 g/mol. The second-order valence-electron chi connectivity index (χ2n) is 17.6. The van der Waals surface area contributed by atoms with Crippen LogP contribution in [0, 0.1) is 0 Å². The van der Waals surface area contributed by atoms with Gasteiger partial charge in [0.1, 0.15) is 5.71 Å². The van der Waals surface area contributed by atoms with Crippen molar-refractivity contribution in [3.05, 3.63) is 310 Å². The number of ether oxygens (including phenoxy) is 2. The minimum atomic E-state index is -2.43. The van der Waals surface area contributed by atoms with Crippen molar-refractivity contribution in [1.82, 2.24) is 5.32 Å². The molecule has 0 saturated heterocycles. The minimum absolute atomic E-state index is 0. The van der Waals surface area contributed by atoms with Gasteiger partial charge in [-0.3, -0.25) is 19.2 Å². The number of ketones is 4. The Balaban J connectivity index is 0.00000431. The van der Waals surface area contributed by atoms with Crippen molar-refractivity contribution in [3.63, 3.8) is 0 Å². The van der Waals surface area contributed by atoms with Gasteiger partial charge in [0, 0.05) is 53.5 Å². The SMILES string of the molecule is COC1(C(=Cc2ccccc2)C(=O)C=Cc2ccccc2)C=CC2=C(N1)C(OCc1ccccc1)(C(=Cc1ccccc1)C(=O)C=Cc1ccccc1)C(=O)C(C(=Cc1ccccc1)C(=O)C=Cc1ccccc1)=N2.[Pd].[Pd]. The van der Waals surface area contributed by atoms with Crippen molar-refractivity contribution in [2.45, 2.75) is 17.9 Å². The first-order valence-corrected chi connectivity index (χ1v) is 24.5. The number of dihydropyridines is 1. The number of aliphatic imine (C=N–C) groups is 1. The van der Waals surface area contributed by atoms with Gasteiger partial charge in [-0.15, -0.1) is 0 Å². The van der Waals surface area contributed by atoms with Crippen LogP contribution in [0.5, 0.6) is 0 Å². The molecule has 2 aliphatic heterocycles. The molecule has 0 amide bonds. The summed E-state index contributed by atoms with van der Waals surface area (Å²) < 4.78 is 13.7. The maximum Gasteiger partial charge on any atom is 0.224 e. The third-order valence-electron chi connectivity index (χ3n) is 12.6. The molecule has 2 heterocycles. The summed E-state index contributed by atoms with van der Waals surface area (Å²) in [6, 6.07) is 65.1. The van der Waals surface area contributed by atoms with Crippen molar-refractivity contribution in [1.29, 1.82) is 0 Å². The maximum atomic E-state index is 16.8. The molecule has 8 nitrogen and oxygen atoms in total. The first-order valence-electron chi connectivity index (χ1n) is 24.5. The molecule has 7 aromatic carbocycles. The largest absolute Gasteiger partial charge is 0.351 e. The number of hydrogen-bond acceptors (Lipinski definition) is 8. The first kappa shape index (κ1) is 56.6. The predicted octanol–water partition coefficient (Wildman–Crippen LogP) is 12.8. The van der Waals surface area contributed by atoms with E-state index in [1.807, 2.05) is 212 Å². The average Bonchev–Trinajstić information content (AvgIpc) is 3.51. The van der Waals surface area contributed by atoms with Gasteiger partial charge in [-0.1, -0.05) is 231 Å². The molecule has 2 atom stereocenters. The Morgan fingerprint density at radius 1 is 0.494 bits per heavy atom. The zero-order valence-corrected chi connectivity index (χ0v) is 44.9. The fraction of sp³-hybridized carbons (Fsp3) is 0.0597. The molecule has 77 heavy (non-hydrogen) atoms. The smallest absolute Gasteiger partial charge is 0.224 e. The molecule has 0 saturated carbocycles. The quantitative estimate of drug-likeness (QED) is 0.0634. The van der Waals surface area contributed by atoms with E-state index in [0.29, 0.717) is 22.3 Å². The molecular formula is C67H52N2O6Pd2. The Labute approximate surface area is 476 Å². The molecule has 386 valence electrons. The van der Waals surface area contributed by atoms with E-state index in [9.17, 15) is 9.59 Å². The minimum Gasteiger partial charge on any atom is -0.351 e. The van der Waals surface area contributed by atoms with E-state index < -0.39 is 34.5 Å². The predicted molar refractivity (Wildman–Crippen MR) is 300 cm³/mol. The number of methoxy groups -OCH3 is 1. The van der Waals surface area contributed by atoms with E-state index >= 15 is 9.59 Å². The molecule has 10 heteroatoms. The number of benzene rings is 7. The fourth-order valence-electron chi connectivity index (χ4n) is 8.78. The van der Waals surface area contributed by atoms with Crippen molar-refractivity contribution < 1.29 is 69.5 Å². The number of nitrogens with zero attached hydrogens (tertiary/aromatic N) is 1. The second kappa shape index (κ2) is 27.1. The van der Waals surface area contributed by atoms with E-state index in [-0.39, 0.29) is 81.3 Å². The Kier molecular flexibility index (Phi) is 19.9. The summed E-state index contributed by atoms with van der Waals surface area (Å²) in [5.41, 5.74) is 0.496. The normalized spacial score (nSPS) is 17.5. The van der Waals surface area contributed by atoms with Gasteiger partial charge in [-0.05, 0) is 87.6 Å². The Morgan fingerprint density at radius 3 is 1.31 bits per heavy atom. The van der Waals surface area contributed by atoms with Crippen LogP contribution in [-0.2, 0) is 76.1 Å². The summed E-state index contributed by atoms with van der Waals surface area (Å²) in [5.74, 6) is -2.34. The number of Topliss-reactive ketones (excluding diaryl/α,β-unsaturated/α-hetero) is 1. The summed E-state index contributed by atoms with van der Waals surface area (Å²) in [6.07, 6.45) is 17.6. The zero-order valence-electron chi connectivity index (χ0n) is 41.8. The van der Waals surface area contributed by atoms with Gasteiger partial charge in [0.2, 0.25) is 11.4 Å². The zero-order chi connectivity index (χ0) is 51.9. The van der Waals surface area contributed by atoms with Crippen molar-refractivity contribution in [2.24, 2.45) is 4.99 Å². The number of nitrogens with one attached hydrogen (secondary N) is 1. The number of hydrogen-bond donors (Lipinski definition) is 1. The van der Waals surface area contributed by atoms with E-state index in [0.717, 1.165) is 16.7 Å². The van der Waals surface area contributed by atoms with Gasteiger partial charge in [0.25, 0.3) is 0 Å². The summed E-state index contributed by atoms with van der Waals surface area (Å²) in [7, 11) is 1.45. The maximum absolute atomic E-state index is 16.8. The number of carbonyl (C=O) groups is 4. The number of allylic oxidation sites excluding steroid dienone is 5. The Hall–Kier alpha value is -8.15. The average molecular weight is 1190 g/mol. The molecule has 0 fully saturated rings. The van der Waals surface area contributed by atoms with E-state index in [4.69, 9.17) is 14.5 Å². The molecule has 0 bridgehead atoms. The van der Waals surface area contributed by atoms with E-state index in [1.54, 1.807) is 48.6 Å². The van der Waals surface area contributed by atoms with Crippen molar-refractivity contribution >= 4 is 65.3 Å². The van der Waals surface area contributed by atoms with Crippen LogP contribution in [-0.4, -0.2) is 47.3 Å². The first-order chi connectivity index (χ1) is 36.7. The standard InChI is InChI=1S/C67H52N2O6.2Pd/c1-74-66(57(46-53-31-17-6-18-32-53)61(71)41-38-50-25-11-3-12-26-50)44-43-59-64(69-66)67(75-48-55-35-21-8-22-36-55,58(47-54-33-19-7-20-34-54)62(72)42-39-51-27-13-4-14-28-51)65(73)63(68-59)56(45-52-29-15-5-16-30-52)60(70)40-37-49-23-9-2-10-24-49;;/h2-47,69H,48H2,1H3;;.